The second-order valence-corrected chi connectivity index (χ2v) is 8.55. The van der Waals surface area contributed by atoms with Gasteiger partial charge in [-0.2, -0.15) is 0 Å². The molecule has 0 aromatic heterocycles. The van der Waals surface area contributed by atoms with E-state index in [0.29, 0.717) is 0 Å². The zero-order valence-electron chi connectivity index (χ0n) is 18.2. The Morgan fingerprint density at radius 3 is 0.969 bits per heavy atom. The first kappa shape index (κ1) is 21.5. The van der Waals surface area contributed by atoms with Gasteiger partial charge in [-0.1, -0.05) is 60.7 Å². The molecule has 162 valence electrons. The van der Waals surface area contributed by atoms with Crippen LogP contribution in [0.4, 0.5) is 0 Å². The Labute approximate surface area is 188 Å². The van der Waals surface area contributed by atoms with Crippen LogP contribution in [0, 0.1) is 0 Å². The summed E-state index contributed by atoms with van der Waals surface area (Å²) in [6.45, 7) is 4.08. The average Bonchev–Trinajstić information content (AvgIpc) is 2.80. The van der Waals surface area contributed by atoms with Gasteiger partial charge in [-0.25, -0.2) is 0 Å². The van der Waals surface area contributed by atoms with Crippen molar-refractivity contribution < 1.29 is 15.3 Å². The number of rotatable bonds is 5. The summed E-state index contributed by atoms with van der Waals surface area (Å²) in [6, 6.07) is 29.5. The Morgan fingerprint density at radius 1 is 0.438 bits per heavy atom. The van der Waals surface area contributed by atoms with Crippen LogP contribution < -0.4 is 5.73 Å². The molecular formula is C28H27NO3. The SMILES string of the molecule is CC(N)(c1ccc(O)cc1)c1ccc(C(C)(c2ccc(O)cc2)c2ccc(O)cc2)cc1. The predicted molar refractivity (Wildman–Crippen MR) is 127 cm³/mol. The highest BCUT2D eigenvalue weighted by molar-refractivity contribution is 5.52. The monoisotopic (exact) mass is 425 g/mol. The summed E-state index contributed by atoms with van der Waals surface area (Å²) in [5.41, 5.74) is 10.4. The van der Waals surface area contributed by atoms with Gasteiger partial charge < -0.3 is 21.1 Å². The van der Waals surface area contributed by atoms with Crippen LogP contribution >= 0.6 is 0 Å². The molecule has 5 N–H and O–H groups in total. The third-order valence-corrected chi connectivity index (χ3v) is 6.42. The lowest BCUT2D eigenvalue weighted by molar-refractivity contribution is 0.473. The van der Waals surface area contributed by atoms with Crippen molar-refractivity contribution in [2.24, 2.45) is 5.73 Å². The first-order valence-corrected chi connectivity index (χ1v) is 10.5. The summed E-state index contributed by atoms with van der Waals surface area (Å²) in [4.78, 5) is 0. The lowest BCUT2D eigenvalue weighted by Crippen LogP contribution is -2.34. The largest absolute Gasteiger partial charge is 0.508 e. The number of phenolic OH excluding ortho intramolecular Hbond substituents is 3. The number of phenols is 3. The molecule has 0 amide bonds. The fraction of sp³-hybridized carbons (Fsp3) is 0.143. The summed E-state index contributed by atoms with van der Waals surface area (Å²) in [7, 11) is 0. The number of aromatic hydroxyl groups is 3. The van der Waals surface area contributed by atoms with Gasteiger partial charge >= 0.3 is 0 Å². The minimum absolute atomic E-state index is 0.207. The molecule has 0 bridgehead atoms. The minimum Gasteiger partial charge on any atom is -0.508 e. The van der Waals surface area contributed by atoms with Gasteiger partial charge in [0.1, 0.15) is 17.2 Å². The maximum absolute atomic E-state index is 9.79. The highest BCUT2D eigenvalue weighted by atomic mass is 16.3. The standard InChI is InChI=1S/C28H27NO3/c1-27(20-7-13-24(30)14-8-20,21-9-15-25(31)16-10-21)19-3-5-22(6-4-19)28(2,29)23-11-17-26(32)18-12-23/h3-18,30-32H,29H2,1-2H3. The van der Waals surface area contributed by atoms with Gasteiger partial charge in [0, 0.05) is 5.41 Å². The highest BCUT2D eigenvalue weighted by Gasteiger charge is 2.32. The molecule has 4 aromatic rings. The van der Waals surface area contributed by atoms with E-state index in [9.17, 15) is 15.3 Å². The lowest BCUT2D eigenvalue weighted by atomic mass is 9.70. The predicted octanol–water partition coefficient (Wildman–Crippen LogP) is 5.38. The van der Waals surface area contributed by atoms with Gasteiger partial charge in [0.05, 0.1) is 5.54 Å². The Hall–Kier alpha value is -3.76. The van der Waals surface area contributed by atoms with Crippen LogP contribution in [0.5, 0.6) is 17.2 Å². The first-order valence-electron chi connectivity index (χ1n) is 10.5. The molecule has 0 aliphatic carbocycles. The number of benzene rings is 4. The third-order valence-electron chi connectivity index (χ3n) is 6.42. The Kier molecular flexibility index (Phi) is 5.41. The van der Waals surface area contributed by atoms with E-state index in [1.54, 1.807) is 36.4 Å². The van der Waals surface area contributed by atoms with Crippen LogP contribution in [0.25, 0.3) is 0 Å². The average molecular weight is 426 g/mol. The molecule has 1 atom stereocenters. The van der Waals surface area contributed by atoms with E-state index in [0.717, 1.165) is 27.8 Å². The molecule has 0 aliphatic rings. The van der Waals surface area contributed by atoms with Gasteiger partial charge in [-0.3, -0.25) is 0 Å². The summed E-state index contributed by atoms with van der Waals surface area (Å²) >= 11 is 0. The van der Waals surface area contributed by atoms with Crippen molar-refractivity contribution in [1.82, 2.24) is 0 Å². The Morgan fingerprint density at radius 2 is 0.656 bits per heavy atom. The fourth-order valence-corrected chi connectivity index (χ4v) is 4.21. The maximum atomic E-state index is 9.79. The summed E-state index contributed by atoms with van der Waals surface area (Å²) in [5, 5.41) is 29.2. The van der Waals surface area contributed by atoms with Crippen LogP contribution in [0.1, 0.15) is 41.7 Å². The number of nitrogens with two attached hydrogens (primary N) is 1. The molecule has 4 nitrogen and oxygen atoms in total. The number of hydrogen-bond donors (Lipinski definition) is 4. The van der Waals surface area contributed by atoms with Crippen LogP contribution in [0.15, 0.2) is 97.1 Å². The van der Waals surface area contributed by atoms with Gasteiger partial charge in [0.15, 0.2) is 0 Å². The van der Waals surface area contributed by atoms with Crippen LogP contribution in [0.3, 0.4) is 0 Å². The van der Waals surface area contributed by atoms with Crippen molar-refractivity contribution in [1.29, 1.82) is 0 Å². The van der Waals surface area contributed by atoms with Crippen molar-refractivity contribution in [3.05, 3.63) is 125 Å². The molecule has 0 radical (unpaired) electrons. The zero-order chi connectivity index (χ0) is 22.9. The number of hydrogen-bond acceptors (Lipinski definition) is 4. The molecule has 0 fully saturated rings. The zero-order valence-corrected chi connectivity index (χ0v) is 18.2. The van der Waals surface area contributed by atoms with Crippen molar-refractivity contribution >= 4 is 0 Å². The van der Waals surface area contributed by atoms with E-state index < -0.39 is 11.0 Å². The molecule has 0 saturated heterocycles. The van der Waals surface area contributed by atoms with E-state index in [2.05, 4.69) is 19.1 Å². The second kappa shape index (κ2) is 8.06. The van der Waals surface area contributed by atoms with E-state index in [4.69, 9.17) is 5.73 Å². The van der Waals surface area contributed by atoms with E-state index >= 15 is 0 Å². The van der Waals surface area contributed by atoms with Gasteiger partial charge in [-0.15, -0.1) is 0 Å². The van der Waals surface area contributed by atoms with Crippen molar-refractivity contribution in [3.63, 3.8) is 0 Å². The van der Waals surface area contributed by atoms with Crippen molar-refractivity contribution in [2.45, 2.75) is 24.8 Å². The van der Waals surface area contributed by atoms with Gasteiger partial charge in [-0.05, 0) is 78.1 Å². The fourth-order valence-electron chi connectivity index (χ4n) is 4.21. The molecule has 4 aromatic carbocycles. The summed E-state index contributed by atoms with van der Waals surface area (Å²) in [5.74, 6) is 0.633. The molecule has 1 unspecified atom stereocenters. The van der Waals surface area contributed by atoms with Gasteiger partial charge in [0.25, 0.3) is 0 Å². The van der Waals surface area contributed by atoms with Crippen molar-refractivity contribution in [2.75, 3.05) is 0 Å². The molecule has 32 heavy (non-hydrogen) atoms. The molecule has 4 rings (SSSR count). The lowest BCUT2D eigenvalue weighted by Gasteiger charge is -2.33. The quantitative estimate of drug-likeness (QED) is 0.323. The second-order valence-electron chi connectivity index (χ2n) is 8.55. The van der Waals surface area contributed by atoms with Crippen molar-refractivity contribution in [3.8, 4) is 17.2 Å². The smallest absolute Gasteiger partial charge is 0.115 e. The maximum Gasteiger partial charge on any atom is 0.115 e. The van der Waals surface area contributed by atoms with E-state index in [-0.39, 0.29) is 17.2 Å². The Bertz CT molecular complexity index is 1150. The Balaban J connectivity index is 1.79. The molecule has 4 heteroatoms. The molecule has 0 heterocycles. The highest BCUT2D eigenvalue weighted by Crippen LogP contribution is 2.40. The molecule has 0 saturated carbocycles. The van der Waals surface area contributed by atoms with E-state index in [1.165, 1.54) is 0 Å². The van der Waals surface area contributed by atoms with Gasteiger partial charge in [0.2, 0.25) is 0 Å². The van der Waals surface area contributed by atoms with Crippen LogP contribution in [-0.4, -0.2) is 15.3 Å². The van der Waals surface area contributed by atoms with E-state index in [1.807, 2.05) is 55.5 Å². The minimum atomic E-state index is -0.723. The summed E-state index contributed by atoms with van der Waals surface area (Å²) < 4.78 is 0. The summed E-state index contributed by atoms with van der Waals surface area (Å²) in [6.07, 6.45) is 0. The van der Waals surface area contributed by atoms with Crippen LogP contribution in [0.2, 0.25) is 0 Å². The molecule has 0 spiro atoms. The third kappa shape index (κ3) is 3.81. The topological polar surface area (TPSA) is 86.7 Å². The molecular weight excluding hydrogens is 398 g/mol. The molecule has 0 aliphatic heterocycles. The first-order chi connectivity index (χ1) is 15.2. The normalized spacial score (nSPS) is 13.5. The van der Waals surface area contributed by atoms with Crippen LogP contribution in [-0.2, 0) is 11.0 Å².